The molecule has 1 heterocycles. The Labute approximate surface area is 146 Å². The smallest absolute Gasteiger partial charge is 0.315 e. The predicted molar refractivity (Wildman–Crippen MR) is 95.7 cm³/mol. The van der Waals surface area contributed by atoms with Crippen molar-refractivity contribution >= 4 is 11.9 Å². The summed E-state index contributed by atoms with van der Waals surface area (Å²) in [6.45, 7) is 8.40. The number of hydrogen-bond acceptors (Lipinski definition) is 3. The Morgan fingerprint density at radius 1 is 1.21 bits per heavy atom. The predicted octanol–water partition coefficient (Wildman–Crippen LogP) is 2.12. The highest BCUT2D eigenvalue weighted by Crippen LogP contribution is 2.18. The molecule has 1 rings (SSSR count). The second kappa shape index (κ2) is 11.3. The van der Waals surface area contributed by atoms with Gasteiger partial charge in [0.1, 0.15) is 6.04 Å². The molecule has 0 spiro atoms. The van der Waals surface area contributed by atoms with Crippen molar-refractivity contribution in [2.24, 2.45) is 11.8 Å². The van der Waals surface area contributed by atoms with Crippen molar-refractivity contribution < 1.29 is 14.7 Å². The third-order valence-corrected chi connectivity index (χ3v) is 4.56. The molecule has 1 saturated heterocycles. The first-order chi connectivity index (χ1) is 11.5. The molecule has 0 unspecified atom stereocenters. The molecule has 1 atom stereocenters. The minimum atomic E-state index is -0.471. The van der Waals surface area contributed by atoms with Gasteiger partial charge in [0.05, 0.1) is 0 Å². The summed E-state index contributed by atoms with van der Waals surface area (Å²) in [5, 5.41) is 14.9. The fourth-order valence-electron chi connectivity index (χ4n) is 3.04. The van der Waals surface area contributed by atoms with E-state index in [-0.39, 0.29) is 18.5 Å². The number of unbranched alkanes of at least 4 members (excludes halogenated alkanes) is 2. The number of aliphatic hydroxyl groups is 1. The zero-order valence-corrected chi connectivity index (χ0v) is 15.5. The third-order valence-electron chi connectivity index (χ3n) is 4.56. The molecule has 6 nitrogen and oxygen atoms in total. The first-order valence-corrected chi connectivity index (χ1v) is 9.41. The van der Waals surface area contributed by atoms with E-state index in [0.717, 1.165) is 32.1 Å². The standard InChI is InChI=1S/C18H35N3O3/c1-4-5-6-9-19-18(24)20-16(12-14(2)3)17(23)21-10-7-15(13-22)8-11-21/h14-16,22H,4-13H2,1-3H3,(H2,19,20,24)/t16-/m1/s1. The van der Waals surface area contributed by atoms with Crippen LogP contribution in [0.5, 0.6) is 0 Å². The first-order valence-electron chi connectivity index (χ1n) is 9.41. The van der Waals surface area contributed by atoms with Crippen LogP contribution in [-0.2, 0) is 4.79 Å². The number of hydrogen-bond donors (Lipinski definition) is 3. The molecule has 6 heteroatoms. The average molecular weight is 341 g/mol. The van der Waals surface area contributed by atoms with Crippen molar-refractivity contribution in [2.75, 3.05) is 26.2 Å². The summed E-state index contributed by atoms with van der Waals surface area (Å²) < 4.78 is 0. The highest BCUT2D eigenvalue weighted by Gasteiger charge is 2.29. The van der Waals surface area contributed by atoms with E-state index in [1.807, 2.05) is 4.90 Å². The zero-order valence-electron chi connectivity index (χ0n) is 15.5. The summed E-state index contributed by atoms with van der Waals surface area (Å²) in [5.74, 6) is 0.630. The Bertz CT molecular complexity index is 380. The van der Waals surface area contributed by atoms with Crippen LogP contribution < -0.4 is 10.6 Å². The van der Waals surface area contributed by atoms with Crippen LogP contribution in [0.4, 0.5) is 4.79 Å². The van der Waals surface area contributed by atoms with Gasteiger partial charge in [0, 0.05) is 26.2 Å². The molecule has 0 aromatic carbocycles. The molecule has 24 heavy (non-hydrogen) atoms. The maximum absolute atomic E-state index is 12.8. The molecule has 140 valence electrons. The minimum Gasteiger partial charge on any atom is -0.396 e. The minimum absolute atomic E-state index is 0.00352. The monoisotopic (exact) mass is 341 g/mol. The summed E-state index contributed by atoms with van der Waals surface area (Å²) in [7, 11) is 0. The molecule has 1 aliphatic heterocycles. The van der Waals surface area contributed by atoms with Gasteiger partial charge in [-0.05, 0) is 37.5 Å². The maximum atomic E-state index is 12.8. The van der Waals surface area contributed by atoms with Gasteiger partial charge < -0.3 is 20.6 Å². The van der Waals surface area contributed by atoms with Gasteiger partial charge >= 0.3 is 6.03 Å². The lowest BCUT2D eigenvalue weighted by atomic mass is 9.96. The fraction of sp³-hybridized carbons (Fsp3) is 0.889. The Balaban J connectivity index is 2.51. The van der Waals surface area contributed by atoms with E-state index in [1.54, 1.807) is 0 Å². The van der Waals surface area contributed by atoms with Gasteiger partial charge in [-0.3, -0.25) is 4.79 Å². The van der Waals surface area contributed by atoms with Crippen LogP contribution >= 0.6 is 0 Å². The number of nitrogens with one attached hydrogen (secondary N) is 2. The Morgan fingerprint density at radius 2 is 1.88 bits per heavy atom. The molecule has 0 aliphatic carbocycles. The van der Waals surface area contributed by atoms with E-state index in [1.165, 1.54) is 0 Å². The number of aliphatic hydroxyl groups excluding tert-OH is 1. The SMILES string of the molecule is CCCCCNC(=O)N[C@H](CC(C)C)C(=O)N1CCC(CO)CC1. The fourth-order valence-corrected chi connectivity index (χ4v) is 3.04. The third kappa shape index (κ3) is 7.51. The summed E-state index contributed by atoms with van der Waals surface area (Å²) in [5.41, 5.74) is 0. The molecule has 0 aromatic heterocycles. The Kier molecular flexibility index (Phi) is 9.76. The van der Waals surface area contributed by atoms with Crippen molar-refractivity contribution in [1.82, 2.24) is 15.5 Å². The summed E-state index contributed by atoms with van der Waals surface area (Å²) in [6.07, 6.45) is 5.47. The second-order valence-electron chi connectivity index (χ2n) is 7.24. The van der Waals surface area contributed by atoms with E-state index in [4.69, 9.17) is 0 Å². The van der Waals surface area contributed by atoms with Gasteiger partial charge in [-0.15, -0.1) is 0 Å². The van der Waals surface area contributed by atoms with Gasteiger partial charge in [0.25, 0.3) is 0 Å². The van der Waals surface area contributed by atoms with Crippen molar-refractivity contribution in [3.8, 4) is 0 Å². The molecule has 0 bridgehead atoms. The number of carbonyl (C=O) groups excluding carboxylic acids is 2. The molecular weight excluding hydrogens is 306 g/mol. The number of carbonyl (C=O) groups is 2. The summed E-state index contributed by atoms with van der Waals surface area (Å²) in [4.78, 5) is 26.6. The van der Waals surface area contributed by atoms with Crippen molar-refractivity contribution in [1.29, 1.82) is 0 Å². The Morgan fingerprint density at radius 3 is 2.42 bits per heavy atom. The zero-order chi connectivity index (χ0) is 17.9. The van der Waals surface area contributed by atoms with Crippen molar-refractivity contribution in [3.63, 3.8) is 0 Å². The summed E-state index contributed by atoms with van der Waals surface area (Å²) in [6, 6.07) is -0.725. The number of nitrogens with zero attached hydrogens (tertiary/aromatic N) is 1. The lowest BCUT2D eigenvalue weighted by Gasteiger charge is -2.34. The van der Waals surface area contributed by atoms with E-state index in [0.29, 0.717) is 37.9 Å². The normalized spacial score (nSPS) is 17.0. The lowest BCUT2D eigenvalue weighted by molar-refractivity contribution is -0.135. The topological polar surface area (TPSA) is 81.7 Å². The molecule has 3 N–H and O–H groups in total. The molecule has 3 amide bonds. The number of amides is 3. The van der Waals surface area contributed by atoms with Crippen LogP contribution in [0.2, 0.25) is 0 Å². The van der Waals surface area contributed by atoms with Crippen LogP contribution in [0.15, 0.2) is 0 Å². The maximum Gasteiger partial charge on any atom is 0.315 e. The van der Waals surface area contributed by atoms with Crippen molar-refractivity contribution in [2.45, 2.75) is 65.3 Å². The highest BCUT2D eigenvalue weighted by atomic mass is 16.3. The van der Waals surface area contributed by atoms with Crippen LogP contribution in [-0.4, -0.2) is 54.2 Å². The molecule has 0 radical (unpaired) electrons. The van der Waals surface area contributed by atoms with E-state index >= 15 is 0 Å². The summed E-state index contributed by atoms with van der Waals surface area (Å²) >= 11 is 0. The van der Waals surface area contributed by atoms with Gasteiger partial charge in [-0.2, -0.15) is 0 Å². The molecule has 0 aromatic rings. The number of rotatable bonds is 9. The van der Waals surface area contributed by atoms with E-state index < -0.39 is 6.04 Å². The van der Waals surface area contributed by atoms with Crippen LogP contribution in [0.25, 0.3) is 0 Å². The average Bonchev–Trinajstić information content (AvgIpc) is 2.57. The largest absolute Gasteiger partial charge is 0.396 e. The quantitative estimate of drug-likeness (QED) is 0.562. The van der Waals surface area contributed by atoms with Gasteiger partial charge in [-0.25, -0.2) is 4.79 Å². The van der Waals surface area contributed by atoms with Gasteiger partial charge in [-0.1, -0.05) is 33.6 Å². The number of urea groups is 1. The molecular formula is C18H35N3O3. The molecule has 1 fully saturated rings. The Hall–Kier alpha value is -1.30. The van der Waals surface area contributed by atoms with Gasteiger partial charge in [0.2, 0.25) is 5.91 Å². The second-order valence-corrected chi connectivity index (χ2v) is 7.24. The first kappa shape index (κ1) is 20.7. The van der Waals surface area contributed by atoms with Crippen LogP contribution in [0.1, 0.15) is 59.3 Å². The van der Waals surface area contributed by atoms with Crippen LogP contribution in [0.3, 0.4) is 0 Å². The van der Waals surface area contributed by atoms with E-state index in [2.05, 4.69) is 31.4 Å². The van der Waals surface area contributed by atoms with E-state index in [9.17, 15) is 14.7 Å². The van der Waals surface area contributed by atoms with Crippen molar-refractivity contribution in [3.05, 3.63) is 0 Å². The highest BCUT2D eigenvalue weighted by molar-refractivity contribution is 5.87. The lowest BCUT2D eigenvalue weighted by Crippen LogP contribution is -2.53. The molecule has 1 aliphatic rings. The van der Waals surface area contributed by atoms with Gasteiger partial charge in [0.15, 0.2) is 0 Å². The number of likely N-dealkylation sites (tertiary alicyclic amines) is 1. The number of piperidine rings is 1. The molecule has 0 saturated carbocycles. The van der Waals surface area contributed by atoms with Crippen LogP contribution in [0, 0.1) is 11.8 Å².